The lowest BCUT2D eigenvalue weighted by Crippen LogP contribution is -2.33. The molecule has 2 aromatic heterocycles. The van der Waals surface area contributed by atoms with Gasteiger partial charge < -0.3 is 15.4 Å². The zero-order valence-corrected chi connectivity index (χ0v) is 14.2. The molecule has 0 atom stereocenters. The molecule has 7 heteroatoms. The summed E-state index contributed by atoms with van der Waals surface area (Å²) in [6.07, 6.45) is 1.72. The standard InChI is InChI=1S/C16H25N5O2/c1-11(2)21-15-14(10-19-21)13(9-12(3)20-15)16(22)18-6-5-17-7-8-23-4/h9-11,17H,5-8H2,1-4H3,(H,18,22). The number of rotatable bonds is 8. The first kappa shape index (κ1) is 17.4. The molecule has 0 spiro atoms. The van der Waals surface area contributed by atoms with E-state index in [9.17, 15) is 4.79 Å². The molecule has 0 saturated carbocycles. The molecular weight excluding hydrogens is 294 g/mol. The summed E-state index contributed by atoms with van der Waals surface area (Å²) in [6, 6.07) is 2.00. The van der Waals surface area contributed by atoms with Crippen molar-refractivity contribution in [3.63, 3.8) is 0 Å². The lowest BCUT2D eigenvalue weighted by molar-refractivity contribution is 0.0955. The molecule has 0 aromatic carbocycles. The van der Waals surface area contributed by atoms with E-state index in [0.29, 0.717) is 25.3 Å². The zero-order chi connectivity index (χ0) is 16.8. The molecule has 2 heterocycles. The molecule has 0 aliphatic heterocycles. The van der Waals surface area contributed by atoms with Crippen LogP contribution in [-0.2, 0) is 4.74 Å². The second-order valence-electron chi connectivity index (χ2n) is 5.73. The van der Waals surface area contributed by atoms with Crippen molar-refractivity contribution < 1.29 is 9.53 Å². The third-order valence-electron chi connectivity index (χ3n) is 3.50. The van der Waals surface area contributed by atoms with Gasteiger partial charge in [-0.1, -0.05) is 0 Å². The van der Waals surface area contributed by atoms with Crippen molar-refractivity contribution in [2.75, 3.05) is 33.4 Å². The van der Waals surface area contributed by atoms with Crippen LogP contribution in [0.2, 0.25) is 0 Å². The zero-order valence-electron chi connectivity index (χ0n) is 14.2. The predicted octanol–water partition coefficient (Wildman–Crippen LogP) is 1.29. The summed E-state index contributed by atoms with van der Waals surface area (Å²) >= 11 is 0. The summed E-state index contributed by atoms with van der Waals surface area (Å²) in [6.45, 7) is 8.67. The van der Waals surface area contributed by atoms with Crippen LogP contribution in [0, 0.1) is 6.92 Å². The Kier molecular flexibility index (Phi) is 6.06. The van der Waals surface area contributed by atoms with E-state index in [4.69, 9.17) is 4.74 Å². The van der Waals surface area contributed by atoms with Gasteiger partial charge in [0.05, 0.1) is 23.8 Å². The van der Waals surface area contributed by atoms with Gasteiger partial charge in [-0.2, -0.15) is 5.10 Å². The fraction of sp³-hybridized carbons (Fsp3) is 0.562. The van der Waals surface area contributed by atoms with Crippen LogP contribution < -0.4 is 10.6 Å². The van der Waals surface area contributed by atoms with Crippen molar-refractivity contribution in [1.29, 1.82) is 0 Å². The van der Waals surface area contributed by atoms with Crippen molar-refractivity contribution >= 4 is 16.9 Å². The minimum absolute atomic E-state index is 0.0997. The maximum absolute atomic E-state index is 12.5. The highest BCUT2D eigenvalue weighted by Crippen LogP contribution is 2.20. The highest BCUT2D eigenvalue weighted by Gasteiger charge is 2.16. The normalized spacial score (nSPS) is 11.3. The number of pyridine rings is 1. The number of nitrogens with zero attached hydrogens (tertiary/aromatic N) is 3. The first-order valence-corrected chi connectivity index (χ1v) is 7.87. The van der Waals surface area contributed by atoms with E-state index < -0.39 is 0 Å². The molecule has 0 radical (unpaired) electrons. The Morgan fingerprint density at radius 1 is 1.35 bits per heavy atom. The summed E-state index contributed by atoms with van der Waals surface area (Å²) in [5.41, 5.74) is 2.18. The highest BCUT2D eigenvalue weighted by molar-refractivity contribution is 6.05. The first-order chi connectivity index (χ1) is 11.0. The number of hydrogen-bond donors (Lipinski definition) is 2. The maximum atomic E-state index is 12.5. The number of methoxy groups -OCH3 is 1. The van der Waals surface area contributed by atoms with Gasteiger partial charge in [-0.15, -0.1) is 0 Å². The number of carbonyl (C=O) groups excluding carboxylic acids is 1. The van der Waals surface area contributed by atoms with E-state index in [0.717, 1.165) is 23.3 Å². The highest BCUT2D eigenvalue weighted by atomic mass is 16.5. The molecule has 2 N–H and O–H groups in total. The van der Waals surface area contributed by atoms with Crippen LogP contribution >= 0.6 is 0 Å². The summed E-state index contributed by atoms with van der Waals surface area (Å²) in [4.78, 5) is 17.0. The molecule has 1 amide bonds. The van der Waals surface area contributed by atoms with Crippen LogP contribution in [0.3, 0.4) is 0 Å². The van der Waals surface area contributed by atoms with E-state index in [-0.39, 0.29) is 11.9 Å². The Morgan fingerprint density at radius 2 is 2.13 bits per heavy atom. The van der Waals surface area contributed by atoms with Gasteiger partial charge in [0.15, 0.2) is 5.65 Å². The molecule has 0 fully saturated rings. The number of ether oxygens (including phenoxy) is 1. The van der Waals surface area contributed by atoms with Crippen molar-refractivity contribution in [2.45, 2.75) is 26.8 Å². The predicted molar refractivity (Wildman–Crippen MR) is 89.7 cm³/mol. The molecule has 0 bridgehead atoms. The van der Waals surface area contributed by atoms with Crippen LogP contribution in [0.15, 0.2) is 12.3 Å². The Labute approximate surface area is 136 Å². The summed E-state index contributed by atoms with van der Waals surface area (Å²) in [7, 11) is 1.66. The lowest BCUT2D eigenvalue weighted by Gasteiger charge is -2.10. The van der Waals surface area contributed by atoms with Crippen molar-refractivity contribution in [1.82, 2.24) is 25.4 Å². The number of aryl methyl sites for hydroxylation is 1. The van der Waals surface area contributed by atoms with Gasteiger partial charge in [-0.25, -0.2) is 9.67 Å². The molecule has 23 heavy (non-hydrogen) atoms. The van der Waals surface area contributed by atoms with Gasteiger partial charge in [-0.3, -0.25) is 4.79 Å². The van der Waals surface area contributed by atoms with E-state index in [1.165, 1.54) is 0 Å². The molecule has 0 unspecified atom stereocenters. The molecule has 126 valence electrons. The summed E-state index contributed by atoms with van der Waals surface area (Å²) < 4.78 is 6.79. The van der Waals surface area contributed by atoms with Crippen LogP contribution in [0.1, 0.15) is 35.9 Å². The van der Waals surface area contributed by atoms with Gasteiger partial charge in [0.1, 0.15) is 0 Å². The van der Waals surface area contributed by atoms with Crippen LogP contribution in [0.25, 0.3) is 11.0 Å². The van der Waals surface area contributed by atoms with Crippen LogP contribution in [-0.4, -0.2) is 54.0 Å². The van der Waals surface area contributed by atoms with Gasteiger partial charge >= 0.3 is 0 Å². The maximum Gasteiger partial charge on any atom is 0.252 e. The lowest BCUT2D eigenvalue weighted by atomic mass is 10.1. The molecule has 0 aliphatic rings. The number of fused-ring (bicyclic) bond motifs is 1. The SMILES string of the molecule is COCCNCCNC(=O)c1cc(C)nc2c1cnn2C(C)C. The average molecular weight is 319 g/mol. The van der Waals surface area contributed by atoms with E-state index in [1.807, 2.05) is 31.5 Å². The Morgan fingerprint density at radius 3 is 2.83 bits per heavy atom. The summed E-state index contributed by atoms with van der Waals surface area (Å²) in [5.74, 6) is -0.0997. The summed E-state index contributed by atoms with van der Waals surface area (Å²) in [5, 5.41) is 11.3. The number of amides is 1. The van der Waals surface area contributed by atoms with Crippen molar-refractivity contribution in [2.24, 2.45) is 0 Å². The quantitative estimate of drug-likeness (QED) is 0.717. The minimum atomic E-state index is -0.0997. The second-order valence-corrected chi connectivity index (χ2v) is 5.73. The van der Waals surface area contributed by atoms with Crippen LogP contribution in [0.5, 0.6) is 0 Å². The van der Waals surface area contributed by atoms with Crippen LogP contribution in [0.4, 0.5) is 0 Å². The van der Waals surface area contributed by atoms with Crippen molar-refractivity contribution in [3.8, 4) is 0 Å². The van der Waals surface area contributed by atoms with E-state index in [1.54, 1.807) is 13.3 Å². The molecular formula is C16H25N5O2. The first-order valence-electron chi connectivity index (χ1n) is 7.87. The van der Waals surface area contributed by atoms with E-state index >= 15 is 0 Å². The van der Waals surface area contributed by atoms with Gasteiger partial charge in [0.25, 0.3) is 5.91 Å². The Hall–Kier alpha value is -1.99. The number of nitrogens with one attached hydrogen (secondary N) is 2. The second kappa shape index (κ2) is 8.03. The van der Waals surface area contributed by atoms with Gasteiger partial charge in [0, 0.05) is 38.5 Å². The monoisotopic (exact) mass is 319 g/mol. The molecule has 2 aromatic rings. The van der Waals surface area contributed by atoms with Gasteiger partial charge in [0.2, 0.25) is 0 Å². The Bertz CT molecular complexity index is 666. The Balaban J connectivity index is 2.08. The largest absolute Gasteiger partial charge is 0.383 e. The van der Waals surface area contributed by atoms with E-state index in [2.05, 4.69) is 20.7 Å². The van der Waals surface area contributed by atoms with Crippen molar-refractivity contribution in [3.05, 3.63) is 23.5 Å². The molecule has 2 rings (SSSR count). The smallest absolute Gasteiger partial charge is 0.252 e. The van der Waals surface area contributed by atoms with Gasteiger partial charge in [-0.05, 0) is 26.8 Å². The third kappa shape index (κ3) is 4.27. The number of carbonyl (C=O) groups is 1. The fourth-order valence-corrected chi connectivity index (χ4v) is 2.37. The third-order valence-corrected chi connectivity index (χ3v) is 3.50. The fourth-order valence-electron chi connectivity index (χ4n) is 2.37. The number of aromatic nitrogens is 3. The minimum Gasteiger partial charge on any atom is -0.383 e. The average Bonchev–Trinajstić information content (AvgIpc) is 2.93. The molecule has 0 aliphatic carbocycles. The number of hydrogen-bond acceptors (Lipinski definition) is 5. The molecule has 0 saturated heterocycles. The molecule has 7 nitrogen and oxygen atoms in total. The topological polar surface area (TPSA) is 81.1 Å².